The van der Waals surface area contributed by atoms with Crippen molar-refractivity contribution in [3.8, 4) is 5.75 Å². The van der Waals surface area contributed by atoms with Crippen LogP contribution in [0.1, 0.15) is 19.8 Å². The van der Waals surface area contributed by atoms with Gasteiger partial charge in [-0.3, -0.25) is 0 Å². The first-order chi connectivity index (χ1) is 9.29. The number of hydrogen-bond donors (Lipinski definition) is 0. The Labute approximate surface area is 120 Å². The summed E-state index contributed by atoms with van der Waals surface area (Å²) in [6.45, 7) is 3.78. The predicted octanol–water partition coefficient (Wildman–Crippen LogP) is 2.98. The molecule has 0 unspecified atom stereocenters. The highest BCUT2D eigenvalue weighted by atomic mass is 79.9. The highest BCUT2D eigenvalue weighted by molar-refractivity contribution is 9.10. The molecule has 3 rings (SSSR count). The summed E-state index contributed by atoms with van der Waals surface area (Å²) in [5.74, 6) is 1.51. The first kappa shape index (κ1) is 12.9. The second-order valence-electron chi connectivity index (χ2n) is 4.72. The summed E-state index contributed by atoms with van der Waals surface area (Å²) in [7, 11) is 0. The van der Waals surface area contributed by atoms with Crippen molar-refractivity contribution in [3.63, 3.8) is 0 Å². The summed E-state index contributed by atoms with van der Waals surface area (Å²) in [4.78, 5) is 0. The van der Waals surface area contributed by atoms with Crippen LogP contribution in [-0.2, 0) is 11.3 Å². The highest BCUT2D eigenvalue weighted by Gasteiger charge is 2.23. The SMILES string of the molecule is CCOCOc1ccc2c(nnn2CC2CC2)c1Br. The fourth-order valence-corrected chi connectivity index (χ4v) is 2.50. The van der Waals surface area contributed by atoms with Gasteiger partial charge >= 0.3 is 0 Å². The molecule has 1 aromatic heterocycles. The molecular weight excluding hydrogens is 310 g/mol. The lowest BCUT2D eigenvalue weighted by molar-refractivity contribution is 0.0220. The summed E-state index contributed by atoms with van der Waals surface area (Å²) in [6.07, 6.45) is 2.61. The number of ether oxygens (including phenoxy) is 2. The average Bonchev–Trinajstić information content (AvgIpc) is 3.13. The van der Waals surface area contributed by atoms with Crippen molar-refractivity contribution >= 4 is 27.0 Å². The van der Waals surface area contributed by atoms with E-state index >= 15 is 0 Å². The number of rotatable bonds is 6. The molecule has 0 spiro atoms. The molecule has 1 aromatic carbocycles. The zero-order valence-corrected chi connectivity index (χ0v) is 12.4. The molecule has 19 heavy (non-hydrogen) atoms. The van der Waals surface area contributed by atoms with Crippen LogP contribution in [0.15, 0.2) is 16.6 Å². The standard InChI is InChI=1S/C13H16BrN3O2/c1-2-18-8-19-11-6-5-10-13(12(11)14)15-16-17(10)7-9-3-4-9/h5-6,9H,2-4,7-8H2,1H3. The van der Waals surface area contributed by atoms with E-state index in [-0.39, 0.29) is 6.79 Å². The lowest BCUT2D eigenvalue weighted by atomic mass is 10.3. The maximum Gasteiger partial charge on any atom is 0.189 e. The molecule has 1 saturated carbocycles. The lowest BCUT2D eigenvalue weighted by Gasteiger charge is -2.08. The summed E-state index contributed by atoms with van der Waals surface area (Å²) in [6, 6.07) is 3.93. The molecule has 1 aliphatic rings. The van der Waals surface area contributed by atoms with Gasteiger partial charge in [0.15, 0.2) is 6.79 Å². The molecule has 0 aliphatic heterocycles. The summed E-state index contributed by atoms with van der Waals surface area (Å²) in [5.41, 5.74) is 1.89. The molecule has 1 aliphatic carbocycles. The van der Waals surface area contributed by atoms with Gasteiger partial charge < -0.3 is 9.47 Å². The van der Waals surface area contributed by atoms with E-state index in [0.29, 0.717) is 6.61 Å². The van der Waals surface area contributed by atoms with E-state index in [1.54, 1.807) is 0 Å². The Morgan fingerprint density at radius 2 is 2.26 bits per heavy atom. The van der Waals surface area contributed by atoms with Crippen molar-refractivity contribution in [1.82, 2.24) is 15.0 Å². The maximum atomic E-state index is 5.54. The van der Waals surface area contributed by atoms with Gasteiger partial charge in [-0.2, -0.15) is 0 Å². The zero-order chi connectivity index (χ0) is 13.2. The van der Waals surface area contributed by atoms with Crippen molar-refractivity contribution in [1.29, 1.82) is 0 Å². The number of aromatic nitrogens is 3. The van der Waals surface area contributed by atoms with Crippen LogP contribution in [0.3, 0.4) is 0 Å². The Balaban J connectivity index is 1.84. The Morgan fingerprint density at radius 1 is 1.42 bits per heavy atom. The van der Waals surface area contributed by atoms with Crippen molar-refractivity contribution in [2.24, 2.45) is 5.92 Å². The highest BCUT2D eigenvalue weighted by Crippen LogP contribution is 2.34. The fourth-order valence-electron chi connectivity index (χ4n) is 1.97. The number of halogens is 1. The molecule has 5 nitrogen and oxygen atoms in total. The third-order valence-electron chi connectivity index (χ3n) is 3.22. The number of hydrogen-bond acceptors (Lipinski definition) is 4. The second kappa shape index (κ2) is 5.46. The van der Waals surface area contributed by atoms with E-state index < -0.39 is 0 Å². The fraction of sp³-hybridized carbons (Fsp3) is 0.538. The van der Waals surface area contributed by atoms with Crippen LogP contribution in [0.5, 0.6) is 5.75 Å². The lowest BCUT2D eigenvalue weighted by Crippen LogP contribution is -2.03. The van der Waals surface area contributed by atoms with Crippen molar-refractivity contribution in [3.05, 3.63) is 16.6 Å². The average molecular weight is 326 g/mol. The normalized spacial score (nSPS) is 15.1. The number of fused-ring (bicyclic) bond motifs is 1. The quantitative estimate of drug-likeness (QED) is 0.605. The number of nitrogens with zero attached hydrogens (tertiary/aromatic N) is 3. The summed E-state index contributed by atoms with van der Waals surface area (Å²) in [5, 5.41) is 8.46. The molecule has 0 bridgehead atoms. The molecule has 6 heteroatoms. The van der Waals surface area contributed by atoms with E-state index in [9.17, 15) is 0 Å². The van der Waals surface area contributed by atoms with E-state index in [2.05, 4.69) is 26.2 Å². The predicted molar refractivity (Wildman–Crippen MR) is 75.1 cm³/mol. The minimum atomic E-state index is 0.247. The molecule has 1 fully saturated rings. The van der Waals surface area contributed by atoms with E-state index in [0.717, 1.165) is 33.7 Å². The van der Waals surface area contributed by atoms with Gasteiger partial charge in [0.05, 0.1) is 9.99 Å². The van der Waals surface area contributed by atoms with Crippen LogP contribution in [0.25, 0.3) is 11.0 Å². The smallest absolute Gasteiger partial charge is 0.189 e. The van der Waals surface area contributed by atoms with Crippen LogP contribution in [0.2, 0.25) is 0 Å². The van der Waals surface area contributed by atoms with Crippen LogP contribution >= 0.6 is 15.9 Å². The molecule has 0 saturated heterocycles. The van der Waals surface area contributed by atoms with E-state index in [1.165, 1.54) is 12.8 Å². The van der Waals surface area contributed by atoms with Crippen LogP contribution < -0.4 is 4.74 Å². The van der Waals surface area contributed by atoms with Crippen LogP contribution in [0.4, 0.5) is 0 Å². The molecule has 0 N–H and O–H groups in total. The largest absolute Gasteiger partial charge is 0.466 e. The van der Waals surface area contributed by atoms with Gasteiger partial charge in [0.1, 0.15) is 11.3 Å². The Hall–Kier alpha value is -1.14. The topological polar surface area (TPSA) is 49.2 Å². The Morgan fingerprint density at radius 3 is 3.00 bits per heavy atom. The van der Waals surface area contributed by atoms with Gasteiger partial charge in [-0.15, -0.1) is 5.10 Å². The van der Waals surface area contributed by atoms with Crippen molar-refractivity contribution < 1.29 is 9.47 Å². The monoisotopic (exact) mass is 325 g/mol. The van der Waals surface area contributed by atoms with Gasteiger partial charge in [0.25, 0.3) is 0 Å². The van der Waals surface area contributed by atoms with Crippen molar-refractivity contribution in [2.75, 3.05) is 13.4 Å². The van der Waals surface area contributed by atoms with Crippen LogP contribution in [-0.4, -0.2) is 28.4 Å². The van der Waals surface area contributed by atoms with Gasteiger partial charge in [-0.05, 0) is 53.7 Å². The minimum absolute atomic E-state index is 0.247. The zero-order valence-electron chi connectivity index (χ0n) is 10.8. The van der Waals surface area contributed by atoms with Crippen LogP contribution in [0, 0.1) is 5.92 Å². The van der Waals surface area contributed by atoms with E-state index in [1.807, 2.05) is 23.7 Å². The molecule has 0 atom stereocenters. The third-order valence-corrected chi connectivity index (χ3v) is 3.99. The molecule has 102 valence electrons. The van der Waals surface area contributed by atoms with Gasteiger partial charge in [-0.25, -0.2) is 4.68 Å². The first-order valence-electron chi connectivity index (χ1n) is 6.52. The van der Waals surface area contributed by atoms with Crippen molar-refractivity contribution in [2.45, 2.75) is 26.3 Å². The maximum absolute atomic E-state index is 5.54. The molecule has 2 aromatic rings. The molecule has 0 radical (unpaired) electrons. The molecule has 0 amide bonds. The first-order valence-corrected chi connectivity index (χ1v) is 7.31. The van der Waals surface area contributed by atoms with Gasteiger partial charge in [0.2, 0.25) is 0 Å². The number of benzene rings is 1. The molecule has 1 heterocycles. The minimum Gasteiger partial charge on any atom is -0.466 e. The summed E-state index contributed by atoms with van der Waals surface area (Å²) < 4.78 is 13.5. The Kier molecular flexibility index (Phi) is 3.70. The van der Waals surface area contributed by atoms with E-state index in [4.69, 9.17) is 9.47 Å². The Bertz CT molecular complexity index is 581. The molecular formula is C13H16BrN3O2. The summed E-state index contributed by atoms with van der Waals surface area (Å²) >= 11 is 3.53. The third kappa shape index (κ3) is 2.74. The van der Waals surface area contributed by atoms with Gasteiger partial charge in [0, 0.05) is 13.2 Å². The van der Waals surface area contributed by atoms with Gasteiger partial charge in [-0.1, -0.05) is 5.21 Å². The second-order valence-corrected chi connectivity index (χ2v) is 5.51.